The molecular formula is C21H25ClN2O3. The maximum Gasteiger partial charge on any atom is 0.226 e. The van der Waals surface area contributed by atoms with E-state index in [-0.39, 0.29) is 24.8 Å². The molecule has 0 aromatic heterocycles. The van der Waals surface area contributed by atoms with E-state index in [2.05, 4.69) is 19.2 Å². The lowest BCUT2D eigenvalue weighted by Crippen LogP contribution is -2.32. The van der Waals surface area contributed by atoms with E-state index < -0.39 is 0 Å². The summed E-state index contributed by atoms with van der Waals surface area (Å²) in [4.78, 5) is 26.0. The number of nitrogens with zero attached hydrogens (tertiary/aromatic N) is 1. The Morgan fingerprint density at radius 1 is 1.15 bits per heavy atom. The molecule has 0 spiro atoms. The van der Waals surface area contributed by atoms with Crippen molar-refractivity contribution < 1.29 is 14.3 Å². The molecule has 2 amide bonds. The van der Waals surface area contributed by atoms with Gasteiger partial charge in [0.2, 0.25) is 11.8 Å². The summed E-state index contributed by atoms with van der Waals surface area (Å²) >= 11 is 5.98. The summed E-state index contributed by atoms with van der Waals surface area (Å²) in [5, 5.41) is 3.29. The maximum atomic E-state index is 12.3. The van der Waals surface area contributed by atoms with Crippen LogP contribution < -0.4 is 15.0 Å². The van der Waals surface area contributed by atoms with E-state index >= 15 is 0 Å². The van der Waals surface area contributed by atoms with Crippen LogP contribution in [-0.2, 0) is 9.59 Å². The van der Waals surface area contributed by atoms with Crippen LogP contribution in [-0.4, -0.2) is 25.5 Å². The van der Waals surface area contributed by atoms with Gasteiger partial charge in [0, 0.05) is 30.6 Å². The number of amides is 2. The molecule has 0 aliphatic rings. The average Bonchev–Trinajstić information content (AvgIpc) is 2.62. The van der Waals surface area contributed by atoms with E-state index in [0.717, 1.165) is 5.69 Å². The molecule has 1 N–H and O–H groups in total. The third-order valence-electron chi connectivity index (χ3n) is 4.25. The number of rotatable bonds is 7. The minimum absolute atomic E-state index is 0.111. The second-order valence-corrected chi connectivity index (χ2v) is 7.00. The fraction of sp³-hybridized carbons (Fsp3) is 0.333. The zero-order chi connectivity index (χ0) is 20.0. The molecule has 5 nitrogen and oxygen atoms in total. The lowest BCUT2D eigenvalue weighted by molar-refractivity contribution is -0.117. The van der Waals surface area contributed by atoms with Crippen LogP contribution in [0.5, 0.6) is 5.75 Å². The van der Waals surface area contributed by atoms with Crippen molar-refractivity contribution >= 4 is 34.8 Å². The number of hydrogen-bond acceptors (Lipinski definition) is 3. The predicted octanol–water partition coefficient (Wildman–Crippen LogP) is 4.85. The van der Waals surface area contributed by atoms with E-state index in [9.17, 15) is 9.59 Å². The Kier molecular flexibility index (Phi) is 7.25. The van der Waals surface area contributed by atoms with Crippen molar-refractivity contribution in [1.29, 1.82) is 0 Å². The largest absolute Gasteiger partial charge is 0.495 e. The monoisotopic (exact) mass is 388 g/mol. The number of nitrogens with one attached hydrogen (secondary N) is 1. The summed E-state index contributed by atoms with van der Waals surface area (Å²) in [6.45, 7) is 6.01. The van der Waals surface area contributed by atoms with Crippen LogP contribution in [0.15, 0.2) is 42.5 Å². The predicted molar refractivity (Wildman–Crippen MR) is 110 cm³/mol. The molecule has 0 unspecified atom stereocenters. The number of carbonyl (C=O) groups excluding carboxylic acids is 2. The first kappa shape index (κ1) is 20.8. The van der Waals surface area contributed by atoms with Crippen molar-refractivity contribution in [1.82, 2.24) is 0 Å². The van der Waals surface area contributed by atoms with Crippen molar-refractivity contribution in [3.8, 4) is 5.75 Å². The van der Waals surface area contributed by atoms with E-state index in [1.807, 2.05) is 24.3 Å². The van der Waals surface area contributed by atoms with Crippen LogP contribution >= 0.6 is 11.6 Å². The summed E-state index contributed by atoms with van der Waals surface area (Å²) in [5.74, 6) is 0.616. The van der Waals surface area contributed by atoms with Crippen LogP contribution in [0.1, 0.15) is 38.7 Å². The van der Waals surface area contributed by atoms with Crippen molar-refractivity contribution in [2.75, 3.05) is 23.9 Å². The molecule has 0 aliphatic heterocycles. The quantitative estimate of drug-likeness (QED) is 0.737. The molecule has 0 aliphatic carbocycles. The first-order valence-electron chi connectivity index (χ1n) is 8.83. The summed E-state index contributed by atoms with van der Waals surface area (Å²) in [6.07, 6.45) is 0.154. The standard InChI is InChI=1S/C21H25ClN2O3/c1-14(2)16-5-8-18(9-6-16)24(15(3)25)12-11-21(26)23-19-13-17(22)7-10-20(19)27-4/h5-10,13-14H,11-12H2,1-4H3,(H,23,26). The van der Waals surface area contributed by atoms with Gasteiger partial charge in [0.25, 0.3) is 0 Å². The van der Waals surface area contributed by atoms with Gasteiger partial charge in [0.1, 0.15) is 5.75 Å². The molecule has 0 bridgehead atoms. The number of ether oxygens (including phenoxy) is 1. The highest BCUT2D eigenvalue weighted by atomic mass is 35.5. The number of benzene rings is 2. The van der Waals surface area contributed by atoms with Gasteiger partial charge in [-0.2, -0.15) is 0 Å². The van der Waals surface area contributed by atoms with Crippen LogP contribution in [0.3, 0.4) is 0 Å². The van der Waals surface area contributed by atoms with Crippen molar-refractivity contribution in [2.24, 2.45) is 0 Å². The van der Waals surface area contributed by atoms with Gasteiger partial charge in [0.05, 0.1) is 12.8 Å². The van der Waals surface area contributed by atoms with Gasteiger partial charge in [0.15, 0.2) is 0 Å². The van der Waals surface area contributed by atoms with Gasteiger partial charge in [-0.15, -0.1) is 0 Å². The highest BCUT2D eigenvalue weighted by Crippen LogP contribution is 2.28. The zero-order valence-electron chi connectivity index (χ0n) is 16.1. The molecule has 144 valence electrons. The summed E-state index contributed by atoms with van der Waals surface area (Å²) in [7, 11) is 1.52. The Bertz CT molecular complexity index is 804. The number of hydrogen-bond donors (Lipinski definition) is 1. The van der Waals surface area contributed by atoms with E-state index in [1.165, 1.54) is 19.6 Å². The number of anilines is 2. The lowest BCUT2D eigenvalue weighted by Gasteiger charge is -2.22. The molecule has 0 atom stereocenters. The maximum absolute atomic E-state index is 12.3. The highest BCUT2D eigenvalue weighted by molar-refractivity contribution is 6.31. The SMILES string of the molecule is COc1ccc(Cl)cc1NC(=O)CCN(C(C)=O)c1ccc(C(C)C)cc1. The average molecular weight is 389 g/mol. The Morgan fingerprint density at radius 3 is 2.37 bits per heavy atom. The molecule has 0 fully saturated rings. The number of carbonyl (C=O) groups is 2. The number of methoxy groups -OCH3 is 1. The number of halogens is 1. The van der Waals surface area contributed by atoms with Gasteiger partial charge >= 0.3 is 0 Å². The first-order chi connectivity index (χ1) is 12.8. The fourth-order valence-electron chi connectivity index (χ4n) is 2.71. The first-order valence-corrected chi connectivity index (χ1v) is 9.21. The third kappa shape index (κ3) is 5.73. The van der Waals surface area contributed by atoms with Crippen molar-refractivity contribution in [2.45, 2.75) is 33.1 Å². The van der Waals surface area contributed by atoms with Crippen LogP contribution in [0.25, 0.3) is 0 Å². The molecular weight excluding hydrogens is 364 g/mol. The molecule has 0 saturated heterocycles. The summed E-state index contributed by atoms with van der Waals surface area (Å²) in [5.41, 5.74) is 2.48. The van der Waals surface area contributed by atoms with E-state index in [0.29, 0.717) is 22.4 Å². The van der Waals surface area contributed by atoms with Gasteiger partial charge in [-0.25, -0.2) is 0 Å². The molecule has 2 aromatic rings. The minimum Gasteiger partial charge on any atom is -0.495 e. The lowest BCUT2D eigenvalue weighted by atomic mass is 10.0. The van der Waals surface area contributed by atoms with Gasteiger partial charge in [-0.05, 0) is 41.8 Å². The minimum atomic E-state index is -0.222. The van der Waals surface area contributed by atoms with E-state index in [1.54, 1.807) is 23.1 Å². The smallest absolute Gasteiger partial charge is 0.226 e. The van der Waals surface area contributed by atoms with E-state index in [4.69, 9.17) is 16.3 Å². The molecule has 0 heterocycles. The summed E-state index contributed by atoms with van der Waals surface area (Å²) in [6, 6.07) is 12.8. The molecule has 0 saturated carbocycles. The van der Waals surface area contributed by atoms with Crippen LogP contribution in [0.4, 0.5) is 11.4 Å². The Hall–Kier alpha value is -2.53. The third-order valence-corrected chi connectivity index (χ3v) is 4.48. The molecule has 2 rings (SSSR count). The van der Waals surface area contributed by atoms with Gasteiger partial charge < -0.3 is 15.0 Å². The van der Waals surface area contributed by atoms with Crippen molar-refractivity contribution in [3.63, 3.8) is 0 Å². The Labute approximate surface area is 165 Å². The van der Waals surface area contributed by atoms with Crippen molar-refractivity contribution in [3.05, 3.63) is 53.1 Å². The fourth-order valence-corrected chi connectivity index (χ4v) is 2.88. The second-order valence-electron chi connectivity index (χ2n) is 6.56. The van der Waals surface area contributed by atoms with Crippen LogP contribution in [0.2, 0.25) is 5.02 Å². The highest BCUT2D eigenvalue weighted by Gasteiger charge is 2.15. The molecule has 27 heavy (non-hydrogen) atoms. The Morgan fingerprint density at radius 2 is 1.81 bits per heavy atom. The normalized spacial score (nSPS) is 10.6. The summed E-state index contributed by atoms with van der Waals surface area (Å²) < 4.78 is 5.23. The van der Waals surface area contributed by atoms with Crippen LogP contribution in [0, 0.1) is 0 Å². The molecule has 0 radical (unpaired) electrons. The topological polar surface area (TPSA) is 58.6 Å². The molecule has 6 heteroatoms. The zero-order valence-corrected chi connectivity index (χ0v) is 16.8. The van der Waals surface area contributed by atoms with Gasteiger partial charge in [-0.3, -0.25) is 9.59 Å². The van der Waals surface area contributed by atoms with Gasteiger partial charge in [-0.1, -0.05) is 37.6 Å². The molecule has 2 aromatic carbocycles. The second kappa shape index (κ2) is 9.42. The Balaban J connectivity index is 2.04.